The number of nitrogens with one attached hydrogen (secondary N) is 1. The predicted molar refractivity (Wildman–Crippen MR) is 107 cm³/mol. The van der Waals surface area contributed by atoms with Gasteiger partial charge in [-0.2, -0.15) is 0 Å². The lowest BCUT2D eigenvalue weighted by molar-refractivity contribution is -0.121. The molecule has 0 saturated carbocycles. The van der Waals surface area contributed by atoms with Crippen molar-refractivity contribution in [3.05, 3.63) is 77.6 Å². The molecule has 7 heteroatoms. The summed E-state index contributed by atoms with van der Waals surface area (Å²) in [5, 5.41) is 3.02. The zero-order valence-electron chi connectivity index (χ0n) is 16.3. The first-order valence-electron chi connectivity index (χ1n) is 9.65. The summed E-state index contributed by atoms with van der Waals surface area (Å²) in [5.41, 5.74) is 2.09. The van der Waals surface area contributed by atoms with Crippen molar-refractivity contribution in [1.82, 2.24) is 19.4 Å². The summed E-state index contributed by atoms with van der Waals surface area (Å²) in [4.78, 5) is 37.5. The van der Waals surface area contributed by atoms with E-state index in [1.54, 1.807) is 17.3 Å². The molecule has 7 nitrogen and oxygen atoms in total. The molecule has 0 aliphatic carbocycles. The van der Waals surface area contributed by atoms with Crippen LogP contribution in [0.1, 0.15) is 39.9 Å². The Bertz CT molecular complexity index is 1140. The van der Waals surface area contributed by atoms with Crippen LogP contribution in [0.2, 0.25) is 0 Å². The third kappa shape index (κ3) is 2.36. The molecule has 4 heterocycles. The number of aryl methyl sites for hydroxylation is 2. The number of hydrogen-bond donors (Lipinski definition) is 1. The Balaban J connectivity index is 1.69. The Morgan fingerprint density at radius 2 is 2.00 bits per heavy atom. The number of carbonyl (C=O) groups is 2. The lowest BCUT2D eigenvalue weighted by Crippen LogP contribution is -2.44. The molecule has 2 aliphatic heterocycles. The summed E-state index contributed by atoms with van der Waals surface area (Å²) in [7, 11) is 1.89. The summed E-state index contributed by atoms with van der Waals surface area (Å²) in [6.45, 7) is 2.33. The maximum Gasteiger partial charge on any atom is 0.273 e. The average Bonchev–Trinajstić information content (AvgIpc) is 3.39. The zero-order valence-corrected chi connectivity index (χ0v) is 16.3. The van der Waals surface area contributed by atoms with Gasteiger partial charge in [-0.1, -0.05) is 24.3 Å². The van der Waals surface area contributed by atoms with Crippen molar-refractivity contribution in [2.45, 2.75) is 24.8 Å². The van der Waals surface area contributed by atoms with Crippen molar-refractivity contribution in [1.29, 1.82) is 0 Å². The number of anilines is 1. The first-order valence-corrected chi connectivity index (χ1v) is 9.65. The van der Waals surface area contributed by atoms with Gasteiger partial charge in [0.2, 0.25) is 5.91 Å². The van der Waals surface area contributed by atoms with Crippen LogP contribution in [0.4, 0.5) is 5.69 Å². The molecule has 2 aromatic heterocycles. The summed E-state index contributed by atoms with van der Waals surface area (Å²) in [6, 6.07) is 10.9. The molecule has 1 aromatic carbocycles. The van der Waals surface area contributed by atoms with Gasteiger partial charge in [-0.15, -0.1) is 0 Å². The van der Waals surface area contributed by atoms with E-state index in [1.807, 2.05) is 61.1 Å². The fourth-order valence-corrected chi connectivity index (χ4v) is 4.75. The van der Waals surface area contributed by atoms with Crippen molar-refractivity contribution in [2.24, 2.45) is 7.05 Å². The number of likely N-dealkylation sites (tertiary alicyclic amines) is 1. The molecule has 1 N–H and O–H groups in total. The number of nitrogens with zero attached hydrogens (tertiary/aromatic N) is 4. The number of pyridine rings is 1. The Labute approximate surface area is 168 Å². The van der Waals surface area contributed by atoms with Gasteiger partial charge in [0.05, 0.1) is 0 Å². The van der Waals surface area contributed by atoms with Crippen LogP contribution in [0.25, 0.3) is 0 Å². The van der Waals surface area contributed by atoms with E-state index in [0.29, 0.717) is 24.5 Å². The van der Waals surface area contributed by atoms with Gasteiger partial charge in [0.15, 0.2) is 0 Å². The number of para-hydroxylation sites is 1. The van der Waals surface area contributed by atoms with Crippen molar-refractivity contribution in [3.63, 3.8) is 0 Å². The number of hydrogen-bond acceptors (Lipinski definition) is 4. The first-order chi connectivity index (χ1) is 14.0. The Morgan fingerprint density at radius 3 is 2.76 bits per heavy atom. The Kier molecular flexibility index (Phi) is 3.81. The molecule has 1 fully saturated rings. The molecule has 2 atom stereocenters. The van der Waals surface area contributed by atoms with Crippen LogP contribution in [-0.4, -0.2) is 37.8 Å². The summed E-state index contributed by atoms with van der Waals surface area (Å²) in [6.07, 6.45) is 5.70. The van der Waals surface area contributed by atoms with Crippen LogP contribution in [0.15, 0.2) is 55.0 Å². The molecule has 2 amide bonds. The maximum atomic E-state index is 13.5. The third-order valence-corrected chi connectivity index (χ3v) is 6.16. The molecular formula is C22H21N5O2. The van der Waals surface area contributed by atoms with Crippen LogP contribution in [-0.2, 0) is 17.3 Å². The first kappa shape index (κ1) is 17.6. The van der Waals surface area contributed by atoms with E-state index in [0.717, 1.165) is 16.8 Å². The fraction of sp³-hybridized carbons (Fsp3) is 0.273. The van der Waals surface area contributed by atoms with E-state index in [1.165, 1.54) is 0 Å². The maximum absolute atomic E-state index is 13.5. The normalized spacial score (nSPS) is 22.8. The standard InChI is InChI=1S/C22H21N5O2/c1-14-6-5-10-23-17(14)20(28)27-12-9-22(18(27)19-24-11-13-26(19)2)15-7-3-4-8-16(15)25-21(22)29/h3-8,10-11,13,18H,9,12H2,1-2H3,(H,25,29)/t18-,22+/m0/s1. The highest BCUT2D eigenvalue weighted by molar-refractivity contribution is 6.08. The number of aromatic nitrogens is 3. The number of imidazole rings is 1. The SMILES string of the molecule is Cc1cccnc1C(=O)N1CC[C@]2(C(=O)Nc3ccccc32)[C@@H]1c1nccn1C. The van der Waals surface area contributed by atoms with Gasteiger partial charge in [-0.3, -0.25) is 14.6 Å². The quantitative estimate of drug-likeness (QED) is 0.733. The highest BCUT2D eigenvalue weighted by Gasteiger charge is 2.60. The van der Waals surface area contributed by atoms with Gasteiger partial charge < -0.3 is 14.8 Å². The van der Waals surface area contributed by atoms with Gasteiger partial charge in [0.1, 0.15) is 23.0 Å². The van der Waals surface area contributed by atoms with Crippen molar-refractivity contribution in [3.8, 4) is 0 Å². The van der Waals surface area contributed by atoms with Crippen LogP contribution in [0, 0.1) is 6.92 Å². The molecule has 1 saturated heterocycles. The van der Waals surface area contributed by atoms with E-state index in [9.17, 15) is 9.59 Å². The minimum Gasteiger partial charge on any atom is -0.336 e. The van der Waals surface area contributed by atoms with Crippen LogP contribution >= 0.6 is 0 Å². The number of benzene rings is 1. The van der Waals surface area contributed by atoms with Crippen molar-refractivity contribution >= 4 is 17.5 Å². The van der Waals surface area contributed by atoms with Crippen LogP contribution < -0.4 is 5.32 Å². The lowest BCUT2D eigenvalue weighted by atomic mass is 9.74. The fourth-order valence-electron chi connectivity index (χ4n) is 4.75. The number of fused-ring (bicyclic) bond motifs is 2. The molecule has 5 rings (SSSR count). The van der Waals surface area contributed by atoms with Gasteiger partial charge >= 0.3 is 0 Å². The molecule has 29 heavy (non-hydrogen) atoms. The van der Waals surface area contributed by atoms with Gasteiger partial charge in [0.25, 0.3) is 5.91 Å². The summed E-state index contributed by atoms with van der Waals surface area (Å²) in [5.74, 6) is 0.432. The van der Waals surface area contributed by atoms with Gasteiger partial charge in [-0.25, -0.2) is 4.98 Å². The molecule has 3 aromatic rings. The average molecular weight is 387 g/mol. The second-order valence-electron chi connectivity index (χ2n) is 7.69. The minimum atomic E-state index is -0.867. The second kappa shape index (κ2) is 6.27. The van der Waals surface area contributed by atoms with E-state index in [-0.39, 0.29) is 11.8 Å². The van der Waals surface area contributed by atoms with Gasteiger partial charge in [-0.05, 0) is 36.6 Å². The largest absolute Gasteiger partial charge is 0.336 e. The molecule has 2 aliphatic rings. The number of rotatable bonds is 2. The topological polar surface area (TPSA) is 80.1 Å². The Morgan fingerprint density at radius 1 is 1.17 bits per heavy atom. The van der Waals surface area contributed by atoms with Gasteiger partial charge in [0, 0.05) is 37.9 Å². The van der Waals surface area contributed by atoms with E-state index >= 15 is 0 Å². The molecule has 0 bridgehead atoms. The number of carbonyl (C=O) groups excluding carboxylic acids is 2. The van der Waals surface area contributed by atoms with Crippen LogP contribution in [0.3, 0.4) is 0 Å². The van der Waals surface area contributed by atoms with E-state index < -0.39 is 11.5 Å². The monoisotopic (exact) mass is 387 g/mol. The highest BCUT2D eigenvalue weighted by Crippen LogP contribution is 2.54. The number of amides is 2. The smallest absolute Gasteiger partial charge is 0.273 e. The van der Waals surface area contributed by atoms with E-state index in [2.05, 4.69) is 15.3 Å². The van der Waals surface area contributed by atoms with E-state index in [4.69, 9.17) is 0 Å². The Hall–Kier alpha value is -3.48. The highest BCUT2D eigenvalue weighted by atomic mass is 16.2. The molecular weight excluding hydrogens is 366 g/mol. The molecule has 1 spiro atoms. The molecule has 0 radical (unpaired) electrons. The van der Waals surface area contributed by atoms with Crippen molar-refractivity contribution in [2.75, 3.05) is 11.9 Å². The predicted octanol–water partition coefficient (Wildman–Crippen LogP) is 2.60. The second-order valence-corrected chi connectivity index (χ2v) is 7.69. The third-order valence-electron chi connectivity index (χ3n) is 6.16. The lowest BCUT2D eigenvalue weighted by Gasteiger charge is -2.33. The van der Waals surface area contributed by atoms with Crippen LogP contribution in [0.5, 0.6) is 0 Å². The van der Waals surface area contributed by atoms with Crippen molar-refractivity contribution < 1.29 is 9.59 Å². The molecule has 146 valence electrons. The molecule has 0 unspecified atom stereocenters. The minimum absolute atomic E-state index is 0.0836. The zero-order chi connectivity index (χ0) is 20.2. The summed E-state index contributed by atoms with van der Waals surface area (Å²) < 4.78 is 1.89. The summed E-state index contributed by atoms with van der Waals surface area (Å²) >= 11 is 0.